The first-order valence-electron chi connectivity index (χ1n) is 7.85. The van der Waals surface area contributed by atoms with E-state index in [0.29, 0.717) is 10.6 Å². The van der Waals surface area contributed by atoms with E-state index < -0.39 is 28.0 Å². The second kappa shape index (κ2) is 7.98. The van der Waals surface area contributed by atoms with Gasteiger partial charge in [-0.3, -0.25) is 4.79 Å². The summed E-state index contributed by atoms with van der Waals surface area (Å²) in [5.74, 6) is -1.07. The third-order valence-electron chi connectivity index (χ3n) is 3.65. The Labute approximate surface area is 156 Å². The average Bonchev–Trinajstić information content (AvgIpc) is 2.95. The Balaban J connectivity index is 1.99. The van der Waals surface area contributed by atoms with E-state index in [1.54, 1.807) is 6.07 Å². The monoisotopic (exact) mass is 396 g/mol. The number of carbonyl (C=O) groups is 2. The van der Waals surface area contributed by atoms with Crippen LogP contribution in [0.25, 0.3) is 0 Å². The van der Waals surface area contributed by atoms with Crippen molar-refractivity contribution in [2.24, 2.45) is 5.14 Å². The Morgan fingerprint density at radius 1 is 1.27 bits per heavy atom. The van der Waals surface area contributed by atoms with Gasteiger partial charge in [-0.15, -0.1) is 11.3 Å². The summed E-state index contributed by atoms with van der Waals surface area (Å²) in [6.45, 7) is 5.39. The van der Waals surface area contributed by atoms with Gasteiger partial charge >= 0.3 is 5.97 Å². The van der Waals surface area contributed by atoms with Gasteiger partial charge in [0.1, 0.15) is 4.88 Å². The maximum absolute atomic E-state index is 12.2. The number of sulfonamides is 1. The lowest BCUT2D eigenvalue weighted by Crippen LogP contribution is -2.29. The molecule has 2 rings (SSSR count). The van der Waals surface area contributed by atoms with Gasteiger partial charge in [-0.1, -0.05) is 6.92 Å². The smallest absolute Gasteiger partial charge is 0.349 e. The Kier molecular flexibility index (Phi) is 6.17. The summed E-state index contributed by atoms with van der Waals surface area (Å²) < 4.78 is 27.6. The van der Waals surface area contributed by atoms with Crippen LogP contribution in [0.2, 0.25) is 0 Å². The number of nitrogens with one attached hydrogen (secondary N) is 1. The van der Waals surface area contributed by atoms with Crippen LogP contribution in [-0.4, -0.2) is 26.4 Å². The largest absolute Gasteiger partial charge is 0.448 e. The van der Waals surface area contributed by atoms with Crippen LogP contribution in [0.5, 0.6) is 0 Å². The molecule has 1 aromatic heterocycles. The van der Waals surface area contributed by atoms with Crippen LogP contribution in [-0.2, 0) is 26.0 Å². The van der Waals surface area contributed by atoms with Gasteiger partial charge in [-0.05, 0) is 56.2 Å². The summed E-state index contributed by atoms with van der Waals surface area (Å²) in [6.07, 6.45) is -0.179. The number of nitrogens with two attached hydrogens (primary N) is 1. The van der Waals surface area contributed by atoms with Crippen molar-refractivity contribution in [2.75, 3.05) is 5.32 Å². The highest BCUT2D eigenvalue weighted by Gasteiger charge is 2.21. The van der Waals surface area contributed by atoms with Gasteiger partial charge < -0.3 is 10.1 Å². The van der Waals surface area contributed by atoms with E-state index >= 15 is 0 Å². The quantitative estimate of drug-likeness (QED) is 0.728. The van der Waals surface area contributed by atoms with Gasteiger partial charge in [0.25, 0.3) is 5.91 Å². The van der Waals surface area contributed by atoms with Crippen molar-refractivity contribution < 1.29 is 22.7 Å². The van der Waals surface area contributed by atoms with Gasteiger partial charge in [0.2, 0.25) is 10.0 Å². The molecule has 0 radical (unpaired) electrons. The molecule has 0 aliphatic carbocycles. The predicted molar refractivity (Wildman–Crippen MR) is 99.8 cm³/mol. The highest BCUT2D eigenvalue weighted by molar-refractivity contribution is 7.89. The lowest BCUT2D eigenvalue weighted by Gasteiger charge is -2.13. The second-order valence-electron chi connectivity index (χ2n) is 5.68. The van der Waals surface area contributed by atoms with Crippen molar-refractivity contribution >= 4 is 38.9 Å². The number of ether oxygens (including phenoxy) is 1. The molecule has 2 aromatic rings. The number of amides is 1. The Morgan fingerprint density at radius 3 is 2.38 bits per heavy atom. The first kappa shape index (κ1) is 20.1. The van der Waals surface area contributed by atoms with Crippen LogP contribution in [0.4, 0.5) is 5.69 Å². The summed E-state index contributed by atoms with van der Waals surface area (Å²) >= 11 is 1.35. The third kappa shape index (κ3) is 4.90. The summed E-state index contributed by atoms with van der Waals surface area (Å²) in [4.78, 5) is 25.8. The SMILES string of the molecule is CCc1sc(C(=O)O[C@@H](C)C(=O)Nc2ccc(S(N)(=O)=O)cc2)cc1C. The highest BCUT2D eigenvalue weighted by atomic mass is 32.2. The molecule has 1 atom stereocenters. The molecule has 0 fully saturated rings. The van der Waals surface area contributed by atoms with Crippen LogP contribution in [0.1, 0.15) is 34.0 Å². The van der Waals surface area contributed by atoms with Crippen LogP contribution in [0.15, 0.2) is 35.2 Å². The second-order valence-corrected chi connectivity index (χ2v) is 8.37. The fraction of sp³-hybridized carbons (Fsp3) is 0.294. The maximum atomic E-state index is 12.2. The molecule has 7 nitrogen and oxygen atoms in total. The van der Waals surface area contributed by atoms with Crippen molar-refractivity contribution in [1.82, 2.24) is 0 Å². The number of anilines is 1. The molecule has 0 spiro atoms. The fourth-order valence-corrected chi connectivity index (χ4v) is 3.73. The van der Waals surface area contributed by atoms with Gasteiger partial charge in [-0.25, -0.2) is 18.4 Å². The zero-order chi connectivity index (χ0) is 19.5. The predicted octanol–water partition coefficient (Wildman–Crippen LogP) is 2.45. The molecular formula is C17H20N2O5S2. The molecule has 9 heteroatoms. The Bertz CT molecular complexity index is 917. The molecule has 1 aromatic carbocycles. The zero-order valence-electron chi connectivity index (χ0n) is 14.6. The van der Waals surface area contributed by atoms with Crippen molar-refractivity contribution in [3.8, 4) is 0 Å². The van der Waals surface area contributed by atoms with Crippen molar-refractivity contribution in [1.29, 1.82) is 0 Å². The molecule has 0 bridgehead atoms. The summed E-state index contributed by atoms with van der Waals surface area (Å²) in [5.41, 5.74) is 1.39. The number of aryl methyl sites for hydroxylation is 2. The minimum absolute atomic E-state index is 0.0604. The van der Waals surface area contributed by atoms with E-state index in [4.69, 9.17) is 9.88 Å². The summed E-state index contributed by atoms with van der Waals surface area (Å²) in [7, 11) is -3.80. The molecule has 1 heterocycles. The molecule has 140 valence electrons. The van der Waals surface area contributed by atoms with Crippen LogP contribution < -0.4 is 10.5 Å². The van der Waals surface area contributed by atoms with Gasteiger partial charge in [0.15, 0.2) is 6.10 Å². The Morgan fingerprint density at radius 2 is 1.88 bits per heavy atom. The van der Waals surface area contributed by atoms with Crippen LogP contribution in [0, 0.1) is 6.92 Å². The van der Waals surface area contributed by atoms with E-state index in [0.717, 1.165) is 16.9 Å². The minimum Gasteiger partial charge on any atom is -0.448 e. The number of hydrogen-bond donors (Lipinski definition) is 2. The summed E-state index contributed by atoms with van der Waals surface area (Å²) in [6, 6.07) is 7.12. The van der Waals surface area contributed by atoms with Gasteiger partial charge in [0.05, 0.1) is 4.90 Å². The highest BCUT2D eigenvalue weighted by Crippen LogP contribution is 2.23. The van der Waals surface area contributed by atoms with Crippen molar-refractivity contribution in [3.63, 3.8) is 0 Å². The molecule has 0 saturated carbocycles. The molecule has 3 N–H and O–H groups in total. The maximum Gasteiger partial charge on any atom is 0.349 e. The number of benzene rings is 1. The van der Waals surface area contributed by atoms with E-state index in [-0.39, 0.29) is 4.90 Å². The lowest BCUT2D eigenvalue weighted by molar-refractivity contribution is -0.123. The van der Waals surface area contributed by atoms with Crippen LogP contribution >= 0.6 is 11.3 Å². The number of primary sulfonamides is 1. The normalized spacial score (nSPS) is 12.5. The standard InChI is InChI=1S/C17H20N2O5S2/c1-4-14-10(2)9-15(25-14)17(21)24-11(3)16(20)19-12-5-7-13(8-6-12)26(18,22)23/h5-9,11H,4H2,1-3H3,(H,19,20)(H2,18,22,23)/t11-/m0/s1. The first-order chi connectivity index (χ1) is 12.1. The first-order valence-corrected chi connectivity index (χ1v) is 10.2. The average molecular weight is 396 g/mol. The van der Waals surface area contributed by atoms with Crippen molar-refractivity contribution in [2.45, 2.75) is 38.2 Å². The van der Waals surface area contributed by atoms with Crippen LogP contribution in [0.3, 0.4) is 0 Å². The molecule has 1 amide bonds. The molecule has 0 aliphatic rings. The molecular weight excluding hydrogens is 376 g/mol. The van der Waals surface area contributed by atoms with Gasteiger partial charge in [0, 0.05) is 10.6 Å². The number of thiophene rings is 1. The fourth-order valence-electron chi connectivity index (χ4n) is 2.22. The molecule has 0 aliphatic heterocycles. The molecule has 26 heavy (non-hydrogen) atoms. The van der Waals surface area contributed by atoms with E-state index in [2.05, 4.69) is 5.32 Å². The van der Waals surface area contributed by atoms with Gasteiger partial charge in [-0.2, -0.15) is 0 Å². The number of esters is 1. The lowest BCUT2D eigenvalue weighted by atomic mass is 10.2. The zero-order valence-corrected chi connectivity index (χ0v) is 16.2. The number of carbonyl (C=O) groups excluding carboxylic acids is 2. The minimum atomic E-state index is -3.80. The van der Waals surface area contributed by atoms with E-state index in [1.807, 2.05) is 13.8 Å². The topological polar surface area (TPSA) is 116 Å². The number of rotatable bonds is 6. The van der Waals surface area contributed by atoms with Crippen molar-refractivity contribution in [3.05, 3.63) is 45.6 Å². The van der Waals surface area contributed by atoms with E-state index in [1.165, 1.54) is 42.5 Å². The number of hydrogen-bond acceptors (Lipinski definition) is 6. The molecule has 0 unspecified atom stereocenters. The van der Waals surface area contributed by atoms with E-state index in [9.17, 15) is 18.0 Å². The third-order valence-corrected chi connectivity index (χ3v) is 5.94. The molecule has 0 saturated heterocycles. The Hall–Kier alpha value is -2.23. The summed E-state index contributed by atoms with van der Waals surface area (Å²) in [5, 5.41) is 7.57.